The first-order valence-electron chi connectivity index (χ1n) is 11.8. The first-order chi connectivity index (χ1) is 16.7. The van der Waals surface area contributed by atoms with Crippen molar-refractivity contribution in [3.63, 3.8) is 0 Å². The second-order valence-corrected chi connectivity index (χ2v) is 10.6. The summed E-state index contributed by atoms with van der Waals surface area (Å²) < 4.78 is 18.1. The van der Waals surface area contributed by atoms with Gasteiger partial charge in [-0.1, -0.05) is 12.1 Å². The Labute approximate surface area is 203 Å². The number of carbonyl (C=O) groups is 1. The second kappa shape index (κ2) is 11.7. The Hall–Kier alpha value is -2.61. The highest BCUT2D eigenvalue weighted by molar-refractivity contribution is 7.86. The summed E-state index contributed by atoms with van der Waals surface area (Å²) in [6, 6.07) is 16.3. The van der Waals surface area contributed by atoms with Crippen LogP contribution in [0.2, 0.25) is 0 Å². The maximum atomic E-state index is 12.5. The van der Waals surface area contributed by atoms with Crippen LogP contribution in [0.3, 0.4) is 0 Å². The molecular formula is C27H32N2O4S. The average Bonchev–Trinajstić information content (AvgIpc) is 3.65. The van der Waals surface area contributed by atoms with E-state index in [1.165, 1.54) is 5.56 Å². The van der Waals surface area contributed by atoms with Crippen molar-refractivity contribution in [2.24, 2.45) is 5.92 Å². The zero-order valence-corrected chi connectivity index (χ0v) is 20.3. The number of carbonyl (C=O) groups excluding carboxylic acids is 1. The van der Waals surface area contributed by atoms with Crippen LogP contribution in [0.25, 0.3) is 11.4 Å². The molecule has 2 aliphatic rings. The minimum Gasteiger partial charge on any atom is -0.400 e. The maximum Gasteiger partial charge on any atom is 0.151 e. The fourth-order valence-corrected chi connectivity index (χ4v) is 5.82. The summed E-state index contributed by atoms with van der Waals surface area (Å²) in [6.45, 7) is 1.67. The molecule has 34 heavy (non-hydrogen) atoms. The molecule has 1 aromatic carbocycles. The van der Waals surface area contributed by atoms with E-state index in [2.05, 4.69) is 34.2 Å². The van der Waals surface area contributed by atoms with Crippen molar-refractivity contribution in [3.05, 3.63) is 71.5 Å². The Morgan fingerprint density at radius 1 is 1.06 bits per heavy atom. The van der Waals surface area contributed by atoms with E-state index in [0.29, 0.717) is 16.7 Å². The summed E-state index contributed by atoms with van der Waals surface area (Å²) >= 11 is 0. The number of benzene rings is 1. The van der Waals surface area contributed by atoms with Crippen molar-refractivity contribution in [1.29, 1.82) is 0 Å². The molecule has 0 bridgehead atoms. The number of aliphatic hydroxyl groups is 1. The number of ether oxygens (including phenoxy) is 1. The van der Waals surface area contributed by atoms with Gasteiger partial charge in [0.2, 0.25) is 0 Å². The van der Waals surface area contributed by atoms with Crippen molar-refractivity contribution in [2.75, 3.05) is 20.3 Å². The molecule has 180 valence electrons. The van der Waals surface area contributed by atoms with E-state index in [0.717, 1.165) is 80.7 Å². The van der Waals surface area contributed by atoms with Crippen molar-refractivity contribution < 1.29 is 18.8 Å². The van der Waals surface area contributed by atoms with Gasteiger partial charge in [-0.05, 0) is 80.0 Å². The molecule has 1 saturated heterocycles. The smallest absolute Gasteiger partial charge is 0.151 e. The van der Waals surface area contributed by atoms with Crippen LogP contribution in [0.5, 0.6) is 0 Å². The molecule has 1 aliphatic carbocycles. The molecule has 2 atom stereocenters. The Balaban J connectivity index is 0.00000133. The van der Waals surface area contributed by atoms with Gasteiger partial charge in [0.05, 0.1) is 22.2 Å². The van der Waals surface area contributed by atoms with Gasteiger partial charge in [-0.15, -0.1) is 0 Å². The predicted molar refractivity (Wildman–Crippen MR) is 133 cm³/mol. The van der Waals surface area contributed by atoms with Gasteiger partial charge < -0.3 is 14.8 Å². The third kappa shape index (κ3) is 5.90. The van der Waals surface area contributed by atoms with E-state index < -0.39 is 10.8 Å². The molecular weight excluding hydrogens is 448 g/mol. The molecule has 7 heteroatoms. The molecule has 3 heterocycles. The van der Waals surface area contributed by atoms with Gasteiger partial charge in [0, 0.05) is 53.8 Å². The largest absolute Gasteiger partial charge is 0.400 e. The molecule has 0 radical (unpaired) electrons. The second-order valence-electron chi connectivity index (χ2n) is 8.83. The number of aromatic nitrogens is 2. The molecule has 1 saturated carbocycles. The van der Waals surface area contributed by atoms with Gasteiger partial charge >= 0.3 is 0 Å². The number of H-pyrrole nitrogens is 1. The van der Waals surface area contributed by atoms with Crippen LogP contribution in [0.4, 0.5) is 0 Å². The van der Waals surface area contributed by atoms with E-state index in [1.54, 1.807) is 12.3 Å². The number of rotatable bonds is 8. The molecule has 0 spiro atoms. The molecule has 3 aromatic rings. The normalized spacial score (nSPS) is 17.9. The lowest BCUT2D eigenvalue weighted by atomic mass is 9.83. The highest BCUT2D eigenvalue weighted by Crippen LogP contribution is 2.36. The van der Waals surface area contributed by atoms with Gasteiger partial charge in [0.25, 0.3) is 0 Å². The zero-order valence-electron chi connectivity index (χ0n) is 19.5. The van der Waals surface area contributed by atoms with Crippen LogP contribution in [0.15, 0.2) is 59.6 Å². The molecule has 2 N–H and O–H groups in total. The number of nitrogens with one attached hydrogen (secondary N) is 1. The van der Waals surface area contributed by atoms with Gasteiger partial charge in [0.1, 0.15) is 0 Å². The van der Waals surface area contributed by atoms with E-state index in [4.69, 9.17) is 9.84 Å². The quantitative estimate of drug-likeness (QED) is 0.455. The average molecular weight is 481 g/mol. The minimum atomic E-state index is -0.877. The molecule has 5 rings (SSSR count). The van der Waals surface area contributed by atoms with Crippen LogP contribution in [-0.2, 0) is 15.5 Å². The lowest BCUT2D eigenvalue weighted by Gasteiger charge is -2.27. The zero-order chi connectivity index (χ0) is 23.9. The van der Waals surface area contributed by atoms with Crippen LogP contribution < -0.4 is 0 Å². The van der Waals surface area contributed by atoms with Crippen LogP contribution in [0, 0.1) is 5.92 Å². The Bertz CT molecular complexity index is 1080. The summed E-state index contributed by atoms with van der Waals surface area (Å²) in [5.41, 5.74) is 4.74. The number of pyridine rings is 1. The topological polar surface area (TPSA) is 92.3 Å². The summed E-state index contributed by atoms with van der Waals surface area (Å²) in [4.78, 5) is 19.9. The maximum absolute atomic E-state index is 12.5. The number of hydrogen-bond donors (Lipinski definition) is 2. The summed E-state index contributed by atoms with van der Waals surface area (Å²) in [6.07, 6.45) is 7.78. The number of nitrogens with zero attached hydrogens (tertiary/aromatic N) is 1. The van der Waals surface area contributed by atoms with Crippen molar-refractivity contribution in [1.82, 2.24) is 9.97 Å². The van der Waals surface area contributed by atoms with Crippen molar-refractivity contribution in [2.45, 2.75) is 48.2 Å². The Kier molecular flexibility index (Phi) is 8.43. The first kappa shape index (κ1) is 24.5. The fraction of sp³-hybridized carbons (Fsp3) is 0.407. The minimum absolute atomic E-state index is 0.226. The number of aromatic amines is 1. The van der Waals surface area contributed by atoms with Crippen LogP contribution in [0.1, 0.15) is 59.6 Å². The van der Waals surface area contributed by atoms with E-state index in [9.17, 15) is 9.00 Å². The molecule has 1 aliphatic heterocycles. The van der Waals surface area contributed by atoms with Crippen LogP contribution >= 0.6 is 0 Å². The van der Waals surface area contributed by atoms with Gasteiger partial charge in [0.15, 0.2) is 6.29 Å². The van der Waals surface area contributed by atoms with Crippen molar-refractivity contribution in [3.8, 4) is 11.4 Å². The third-order valence-electron chi connectivity index (χ3n) is 6.53. The molecule has 0 amide bonds. The number of hydrogen-bond acceptors (Lipinski definition) is 5. The molecule has 2 aromatic heterocycles. The number of aldehydes is 1. The predicted octanol–water partition coefficient (Wildman–Crippen LogP) is 4.72. The third-order valence-corrected chi connectivity index (χ3v) is 8.35. The lowest BCUT2D eigenvalue weighted by Crippen LogP contribution is -2.18. The monoisotopic (exact) mass is 480 g/mol. The Morgan fingerprint density at radius 2 is 1.79 bits per heavy atom. The summed E-state index contributed by atoms with van der Waals surface area (Å²) in [7, 11) is 0.123. The highest BCUT2D eigenvalue weighted by Gasteiger charge is 2.29. The van der Waals surface area contributed by atoms with Gasteiger partial charge in [-0.2, -0.15) is 0 Å². The lowest BCUT2D eigenvalue weighted by molar-refractivity contribution is 0.0626. The Morgan fingerprint density at radius 3 is 2.41 bits per heavy atom. The standard InChI is InChI=1S/C26H28N2O3S.CH4O/c29-17-19-1-8-25(27-16-19)26-10-9-24(28-26)23(15-18-11-13-31-14-12-18)20-2-4-21(5-3-20)32(30)22-6-7-22;1-2/h1-5,8-10,16-18,22-23,28H,6-7,11-15H2;2H,1H3. The summed E-state index contributed by atoms with van der Waals surface area (Å²) in [5, 5.41) is 7.35. The molecule has 2 fully saturated rings. The van der Waals surface area contributed by atoms with Gasteiger partial charge in [-0.3, -0.25) is 14.0 Å². The van der Waals surface area contributed by atoms with Gasteiger partial charge in [-0.25, -0.2) is 0 Å². The van der Waals surface area contributed by atoms with E-state index >= 15 is 0 Å². The van der Waals surface area contributed by atoms with Crippen molar-refractivity contribution >= 4 is 17.1 Å². The van der Waals surface area contributed by atoms with Crippen LogP contribution in [-0.4, -0.2) is 51.1 Å². The fourth-order valence-electron chi connectivity index (χ4n) is 4.47. The highest BCUT2D eigenvalue weighted by atomic mass is 32.2. The SMILES string of the molecule is CO.O=Cc1ccc(-c2ccc(C(CC3CCOCC3)c3ccc(S(=O)C4CC4)cc3)[nH]2)nc1. The molecule has 2 unspecified atom stereocenters. The van der Waals surface area contributed by atoms with E-state index in [1.807, 2.05) is 18.2 Å². The van der Waals surface area contributed by atoms with E-state index in [-0.39, 0.29) is 5.92 Å². The molecule has 6 nitrogen and oxygen atoms in total. The summed E-state index contributed by atoms with van der Waals surface area (Å²) in [5.74, 6) is 0.843. The number of aliphatic hydroxyl groups excluding tert-OH is 1. The first-order valence-corrected chi connectivity index (χ1v) is 13.1.